The number of halogens is 3. The van der Waals surface area contributed by atoms with Gasteiger partial charge in [0.2, 0.25) is 0 Å². The fraction of sp³-hybridized carbons (Fsp3) is 0.400. The van der Waals surface area contributed by atoms with Crippen LogP contribution in [0.15, 0.2) is 36.7 Å². The van der Waals surface area contributed by atoms with Crippen LogP contribution in [0.25, 0.3) is 0 Å². The average Bonchev–Trinajstić information content (AvgIpc) is 2.85. The van der Waals surface area contributed by atoms with Crippen LogP contribution in [0, 0.1) is 0 Å². The highest BCUT2D eigenvalue weighted by atomic mass is 19.4. The predicted octanol–water partition coefficient (Wildman–Crippen LogP) is 3.53. The van der Waals surface area contributed by atoms with Crippen LogP contribution in [-0.4, -0.2) is 16.3 Å². The van der Waals surface area contributed by atoms with E-state index >= 15 is 0 Å². The quantitative estimate of drug-likeness (QED) is 0.915. The molecule has 114 valence electrons. The fourth-order valence-electron chi connectivity index (χ4n) is 2.17. The van der Waals surface area contributed by atoms with Crippen molar-refractivity contribution in [2.75, 3.05) is 6.54 Å². The molecular weight excluding hydrogens is 279 g/mol. The molecule has 0 spiro atoms. The summed E-state index contributed by atoms with van der Waals surface area (Å²) in [4.78, 5) is 0. The molecule has 21 heavy (non-hydrogen) atoms. The third-order valence-electron chi connectivity index (χ3n) is 3.23. The summed E-state index contributed by atoms with van der Waals surface area (Å²) in [6, 6.07) is 5.12. The van der Waals surface area contributed by atoms with E-state index < -0.39 is 11.7 Å². The Morgan fingerprint density at radius 3 is 2.33 bits per heavy atom. The Morgan fingerprint density at radius 2 is 1.86 bits per heavy atom. The third-order valence-corrected chi connectivity index (χ3v) is 3.23. The zero-order valence-electron chi connectivity index (χ0n) is 12.0. The molecule has 1 N–H and O–H groups in total. The summed E-state index contributed by atoms with van der Waals surface area (Å²) in [6.45, 7) is 2.82. The van der Waals surface area contributed by atoms with E-state index in [0.717, 1.165) is 36.2 Å². The lowest BCUT2D eigenvalue weighted by Gasteiger charge is -2.18. The van der Waals surface area contributed by atoms with E-state index in [0.29, 0.717) is 0 Å². The summed E-state index contributed by atoms with van der Waals surface area (Å²) >= 11 is 0. The largest absolute Gasteiger partial charge is 0.416 e. The molecule has 1 atom stereocenters. The molecule has 0 aliphatic heterocycles. The molecule has 0 saturated carbocycles. The van der Waals surface area contributed by atoms with Crippen LogP contribution >= 0.6 is 0 Å². The Morgan fingerprint density at radius 1 is 1.19 bits per heavy atom. The molecule has 0 radical (unpaired) electrons. The molecule has 2 rings (SSSR count). The van der Waals surface area contributed by atoms with E-state index in [1.807, 2.05) is 20.2 Å². The molecule has 6 heteroatoms. The summed E-state index contributed by atoms with van der Waals surface area (Å²) in [5.41, 5.74) is 1.10. The van der Waals surface area contributed by atoms with Crippen molar-refractivity contribution >= 4 is 0 Å². The van der Waals surface area contributed by atoms with Crippen molar-refractivity contribution < 1.29 is 13.2 Å². The molecule has 3 nitrogen and oxygen atoms in total. The van der Waals surface area contributed by atoms with E-state index in [1.54, 1.807) is 10.9 Å². The van der Waals surface area contributed by atoms with Gasteiger partial charge in [0.25, 0.3) is 0 Å². The monoisotopic (exact) mass is 297 g/mol. The summed E-state index contributed by atoms with van der Waals surface area (Å²) in [7, 11) is 1.81. The number of nitrogens with zero attached hydrogens (tertiary/aromatic N) is 2. The summed E-state index contributed by atoms with van der Waals surface area (Å²) in [5.74, 6) is 0. The van der Waals surface area contributed by atoms with Gasteiger partial charge in [0.1, 0.15) is 0 Å². The third kappa shape index (κ3) is 3.85. The maximum atomic E-state index is 12.6. The van der Waals surface area contributed by atoms with Crippen LogP contribution in [0.1, 0.15) is 36.1 Å². The van der Waals surface area contributed by atoms with E-state index in [9.17, 15) is 13.2 Å². The normalized spacial score (nSPS) is 13.4. The van der Waals surface area contributed by atoms with Crippen molar-refractivity contribution in [2.24, 2.45) is 7.05 Å². The fourth-order valence-corrected chi connectivity index (χ4v) is 2.17. The molecule has 1 aromatic heterocycles. The molecule has 0 fully saturated rings. The molecular formula is C15H18F3N3. The number of alkyl halides is 3. The van der Waals surface area contributed by atoms with E-state index in [-0.39, 0.29) is 6.04 Å². The molecule has 0 aliphatic rings. The van der Waals surface area contributed by atoms with Crippen molar-refractivity contribution in [1.82, 2.24) is 15.1 Å². The van der Waals surface area contributed by atoms with E-state index in [2.05, 4.69) is 10.4 Å². The van der Waals surface area contributed by atoms with Gasteiger partial charge in [0, 0.05) is 18.8 Å². The topological polar surface area (TPSA) is 29.9 Å². The Bertz CT molecular complexity index is 573. The molecule has 1 aromatic carbocycles. The lowest BCUT2D eigenvalue weighted by molar-refractivity contribution is -0.137. The van der Waals surface area contributed by atoms with Gasteiger partial charge in [-0.1, -0.05) is 19.1 Å². The highest BCUT2D eigenvalue weighted by Crippen LogP contribution is 2.31. The molecule has 0 saturated heterocycles. The molecule has 1 heterocycles. The van der Waals surface area contributed by atoms with Gasteiger partial charge in [-0.25, -0.2) is 0 Å². The summed E-state index contributed by atoms with van der Waals surface area (Å²) in [6.07, 6.45) is 0.229. The number of aromatic nitrogens is 2. The lowest BCUT2D eigenvalue weighted by Crippen LogP contribution is -2.23. The van der Waals surface area contributed by atoms with Crippen LogP contribution in [-0.2, 0) is 13.2 Å². The molecule has 0 amide bonds. The first kappa shape index (κ1) is 15.6. The smallest absolute Gasteiger partial charge is 0.306 e. The van der Waals surface area contributed by atoms with Crippen LogP contribution in [0.3, 0.4) is 0 Å². The highest BCUT2D eigenvalue weighted by molar-refractivity contribution is 5.32. The van der Waals surface area contributed by atoms with Crippen molar-refractivity contribution in [2.45, 2.75) is 25.6 Å². The predicted molar refractivity (Wildman–Crippen MR) is 74.8 cm³/mol. The lowest BCUT2D eigenvalue weighted by atomic mass is 10.00. The number of benzene rings is 1. The highest BCUT2D eigenvalue weighted by Gasteiger charge is 2.30. The Kier molecular flexibility index (Phi) is 4.67. The zero-order valence-corrected chi connectivity index (χ0v) is 12.0. The second kappa shape index (κ2) is 6.30. The van der Waals surface area contributed by atoms with Crippen LogP contribution in [0.2, 0.25) is 0 Å². The second-order valence-corrected chi connectivity index (χ2v) is 4.95. The second-order valence-electron chi connectivity index (χ2n) is 4.95. The summed E-state index contributed by atoms with van der Waals surface area (Å²) in [5, 5.41) is 7.46. The van der Waals surface area contributed by atoms with Gasteiger partial charge in [0.05, 0.1) is 17.8 Å². The van der Waals surface area contributed by atoms with E-state index in [4.69, 9.17) is 0 Å². The first-order valence-electron chi connectivity index (χ1n) is 6.81. The van der Waals surface area contributed by atoms with Gasteiger partial charge in [-0.2, -0.15) is 18.3 Å². The molecule has 2 aromatic rings. The van der Waals surface area contributed by atoms with Crippen LogP contribution in [0.5, 0.6) is 0 Å². The Hall–Kier alpha value is -1.82. The number of aryl methyl sites for hydroxylation is 1. The standard InChI is InChI=1S/C15H18F3N3/c1-3-8-19-14(12-9-20-21(2)10-12)11-4-6-13(7-5-11)15(16,17)18/h4-7,9-10,14,19H,3,8H2,1-2H3. The van der Waals surface area contributed by atoms with Crippen molar-refractivity contribution in [3.8, 4) is 0 Å². The van der Waals surface area contributed by atoms with Gasteiger partial charge >= 0.3 is 6.18 Å². The van der Waals surface area contributed by atoms with Crippen molar-refractivity contribution in [3.63, 3.8) is 0 Å². The van der Waals surface area contributed by atoms with Gasteiger partial charge in [0.15, 0.2) is 0 Å². The van der Waals surface area contributed by atoms with Gasteiger partial charge in [-0.3, -0.25) is 4.68 Å². The minimum atomic E-state index is -4.31. The van der Waals surface area contributed by atoms with Gasteiger partial charge in [-0.05, 0) is 30.7 Å². The minimum Gasteiger partial charge on any atom is -0.306 e. The van der Waals surface area contributed by atoms with E-state index in [1.165, 1.54) is 12.1 Å². The number of hydrogen-bond acceptors (Lipinski definition) is 2. The average molecular weight is 297 g/mol. The Balaban J connectivity index is 2.28. The van der Waals surface area contributed by atoms with Crippen molar-refractivity contribution in [3.05, 3.63) is 53.3 Å². The van der Waals surface area contributed by atoms with Crippen molar-refractivity contribution in [1.29, 1.82) is 0 Å². The molecule has 0 aliphatic carbocycles. The number of nitrogens with one attached hydrogen (secondary N) is 1. The summed E-state index contributed by atoms with van der Waals surface area (Å²) < 4.78 is 39.5. The zero-order chi connectivity index (χ0) is 15.5. The van der Waals surface area contributed by atoms with Crippen LogP contribution in [0.4, 0.5) is 13.2 Å². The van der Waals surface area contributed by atoms with Gasteiger partial charge in [-0.15, -0.1) is 0 Å². The Labute approximate surface area is 121 Å². The first-order chi connectivity index (χ1) is 9.91. The number of rotatable bonds is 5. The maximum Gasteiger partial charge on any atom is 0.416 e. The SMILES string of the molecule is CCCNC(c1ccc(C(F)(F)F)cc1)c1cnn(C)c1. The number of hydrogen-bond donors (Lipinski definition) is 1. The van der Waals surface area contributed by atoms with Gasteiger partial charge < -0.3 is 5.32 Å². The molecule has 1 unspecified atom stereocenters. The van der Waals surface area contributed by atoms with Crippen LogP contribution < -0.4 is 5.32 Å². The molecule has 0 bridgehead atoms. The first-order valence-corrected chi connectivity index (χ1v) is 6.81. The maximum absolute atomic E-state index is 12.6. The minimum absolute atomic E-state index is 0.152.